The van der Waals surface area contributed by atoms with Gasteiger partial charge in [-0.15, -0.1) is 0 Å². The fraction of sp³-hybridized carbons (Fsp3) is 0.227. The van der Waals surface area contributed by atoms with Gasteiger partial charge in [-0.1, -0.05) is 54.6 Å². The van der Waals surface area contributed by atoms with Gasteiger partial charge in [-0.2, -0.15) is 0 Å². The first-order valence-corrected chi connectivity index (χ1v) is 8.93. The van der Waals surface area contributed by atoms with Crippen molar-refractivity contribution in [3.05, 3.63) is 83.4 Å². The zero-order valence-corrected chi connectivity index (χ0v) is 16.5. The first-order chi connectivity index (χ1) is 13.7. The summed E-state index contributed by atoms with van der Waals surface area (Å²) in [6.07, 6.45) is 1.84. The lowest BCUT2D eigenvalue weighted by Crippen LogP contribution is -2.47. The molecule has 0 spiro atoms. The normalized spacial score (nSPS) is 12.4. The van der Waals surface area contributed by atoms with Crippen LogP contribution in [-0.4, -0.2) is 34.6 Å². The van der Waals surface area contributed by atoms with Gasteiger partial charge < -0.3 is 21.3 Å². The van der Waals surface area contributed by atoms with Crippen molar-refractivity contribution in [1.29, 1.82) is 0 Å². The number of nitrogens with one attached hydrogen (secondary N) is 1. The average Bonchev–Trinajstić information content (AvgIpc) is 2.67. The number of carbonyl (C=O) groups excluding carboxylic acids is 1. The molecular formula is C22H26N2O5. The summed E-state index contributed by atoms with van der Waals surface area (Å²) in [6.45, 7) is 4.11. The number of hydrogen-bond donors (Lipinski definition) is 4. The molecule has 0 bridgehead atoms. The van der Waals surface area contributed by atoms with Crippen molar-refractivity contribution in [2.24, 2.45) is 5.73 Å². The summed E-state index contributed by atoms with van der Waals surface area (Å²) >= 11 is 0. The van der Waals surface area contributed by atoms with Crippen LogP contribution in [0.2, 0.25) is 0 Å². The van der Waals surface area contributed by atoms with Crippen molar-refractivity contribution < 1.29 is 24.6 Å². The van der Waals surface area contributed by atoms with E-state index < -0.39 is 17.5 Å². The highest BCUT2D eigenvalue weighted by Gasteiger charge is 2.29. The first kappa shape index (κ1) is 23.6. The number of carboxylic acid groups (broad SMARTS) is 2. The largest absolute Gasteiger partial charge is 0.478 e. The van der Waals surface area contributed by atoms with Crippen molar-refractivity contribution in [2.45, 2.75) is 25.8 Å². The molecule has 0 radical (unpaired) electrons. The maximum atomic E-state index is 11.9. The lowest BCUT2D eigenvalue weighted by molar-refractivity contribution is -0.134. The number of carboxylic acids is 2. The molecule has 2 aromatic rings. The van der Waals surface area contributed by atoms with Crippen LogP contribution in [-0.2, 0) is 26.3 Å². The summed E-state index contributed by atoms with van der Waals surface area (Å²) in [5.74, 6) is -2.66. The summed E-state index contributed by atoms with van der Waals surface area (Å²) in [4.78, 5) is 31.0. The van der Waals surface area contributed by atoms with Crippen LogP contribution in [0, 0.1) is 6.92 Å². The molecule has 1 unspecified atom stereocenters. The van der Waals surface area contributed by atoms with Gasteiger partial charge in [-0.05, 0) is 37.0 Å². The van der Waals surface area contributed by atoms with Gasteiger partial charge in [-0.3, -0.25) is 4.79 Å². The van der Waals surface area contributed by atoms with Gasteiger partial charge in [0.1, 0.15) is 0 Å². The summed E-state index contributed by atoms with van der Waals surface area (Å²) in [7, 11) is 0. The molecule has 7 nitrogen and oxygen atoms in total. The van der Waals surface area contributed by atoms with E-state index in [0.29, 0.717) is 12.2 Å². The molecule has 0 saturated carbocycles. The van der Waals surface area contributed by atoms with Crippen molar-refractivity contribution in [3.8, 4) is 0 Å². The maximum absolute atomic E-state index is 11.9. The SMILES string of the molecule is Cc1ccccc1C(C)(Cc1ccccc1)NC(=O)CN.O=C(O)/C=C/C(=O)O. The lowest BCUT2D eigenvalue weighted by Gasteiger charge is -2.33. The van der Waals surface area contributed by atoms with Crippen LogP contribution in [0.5, 0.6) is 0 Å². The van der Waals surface area contributed by atoms with E-state index in [9.17, 15) is 14.4 Å². The molecular weight excluding hydrogens is 372 g/mol. The van der Waals surface area contributed by atoms with Gasteiger partial charge in [0.2, 0.25) is 5.91 Å². The fourth-order valence-corrected chi connectivity index (χ4v) is 2.90. The van der Waals surface area contributed by atoms with Crippen LogP contribution in [0.3, 0.4) is 0 Å². The van der Waals surface area contributed by atoms with Crippen LogP contribution in [0.1, 0.15) is 23.6 Å². The van der Waals surface area contributed by atoms with Crippen molar-refractivity contribution in [2.75, 3.05) is 6.54 Å². The van der Waals surface area contributed by atoms with Gasteiger partial charge in [0.15, 0.2) is 0 Å². The number of amides is 1. The Morgan fingerprint density at radius 2 is 1.48 bits per heavy atom. The minimum atomic E-state index is -1.26. The topological polar surface area (TPSA) is 130 Å². The number of carbonyl (C=O) groups is 3. The molecule has 0 fully saturated rings. The summed E-state index contributed by atoms with van der Waals surface area (Å²) in [6, 6.07) is 18.3. The minimum absolute atomic E-state index is 0.00371. The van der Waals surface area contributed by atoms with E-state index in [4.69, 9.17) is 15.9 Å². The molecule has 0 heterocycles. The van der Waals surface area contributed by atoms with Gasteiger partial charge in [0.05, 0.1) is 12.1 Å². The molecule has 0 aliphatic rings. The molecule has 5 N–H and O–H groups in total. The van der Waals surface area contributed by atoms with E-state index in [1.807, 2.05) is 30.3 Å². The van der Waals surface area contributed by atoms with Crippen LogP contribution < -0.4 is 11.1 Å². The predicted molar refractivity (Wildman–Crippen MR) is 110 cm³/mol. The third-order valence-corrected chi connectivity index (χ3v) is 4.11. The molecule has 7 heteroatoms. The molecule has 0 aliphatic heterocycles. The Balaban J connectivity index is 0.000000447. The minimum Gasteiger partial charge on any atom is -0.478 e. The highest BCUT2D eigenvalue weighted by Crippen LogP contribution is 2.28. The monoisotopic (exact) mass is 398 g/mol. The predicted octanol–water partition coefficient (Wildman–Crippen LogP) is 2.24. The molecule has 0 saturated heterocycles. The second-order valence-electron chi connectivity index (χ2n) is 6.57. The highest BCUT2D eigenvalue weighted by molar-refractivity contribution is 5.89. The Bertz CT molecular complexity index is 849. The summed E-state index contributed by atoms with van der Waals surface area (Å²) in [5, 5.41) is 18.7. The number of aryl methyl sites for hydroxylation is 1. The quantitative estimate of drug-likeness (QED) is 0.529. The van der Waals surface area contributed by atoms with Crippen molar-refractivity contribution >= 4 is 17.8 Å². The van der Waals surface area contributed by atoms with E-state index in [0.717, 1.165) is 17.5 Å². The zero-order chi connectivity index (χ0) is 21.9. The molecule has 2 rings (SSSR count). The number of benzene rings is 2. The van der Waals surface area contributed by atoms with Crippen LogP contribution in [0.4, 0.5) is 0 Å². The third-order valence-electron chi connectivity index (χ3n) is 4.11. The number of nitrogens with two attached hydrogens (primary N) is 1. The Hall–Kier alpha value is -3.45. The van der Waals surface area contributed by atoms with Gasteiger partial charge in [0.25, 0.3) is 0 Å². The van der Waals surface area contributed by atoms with E-state index in [2.05, 4.69) is 43.4 Å². The van der Waals surface area contributed by atoms with Gasteiger partial charge >= 0.3 is 11.9 Å². The number of hydrogen-bond acceptors (Lipinski definition) is 4. The van der Waals surface area contributed by atoms with E-state index in [1.54, 1.807) is 0 Å². The molecule has 1 amide bonds. The molecule has 154 valence electrons. The second-order valence-corrected chi connectivity index (χ2v) is 6.57. The Morgan fingerprint density at radius 3 is 1.97 bits per heavy atom. The van der Waals surface area contributed by atoms with Crippen LogP contribution in [0.15, 0.2) is 66.7 Å². The van der Waals surface area contributed by atoms with Gasteiger partial charge in [0, 0.05) is 12.2 Å². The Kier molecular flexibility index (Phi) is 9.28. The Labute approximate surface area is 169 Å². The molecule has 29 heavy (non-hydrogen) atoms. The van der Waals surface area contributed by atoms with E-state index >= 15 is 0 Å². The maximum Gasteiger partial charge on any atom is 0.328 e. The smallest absolute Gasteiger partial charge is 0.328 e. The van der Waals surface area contributed by atoms with E-state index in [1.165, 1.54) is 5.56 Å². The molecule has 1 atom stereocenters. The summed E-state index contributed by atoms with van der Waals surface area (Å²) in [5.41, 5.74) is 8.47. The lowest BCUT2D eigenvalue weighted by atomic mass is 9.83. The molecule has 0 aliphatic carbocycles. The summed E-state index contributed by atoms with van der Waals surface area (Å²) < 4.78 is 0. The number of rotatable bonds is 7. The van der Waals surface area contributed by atoms with Gasteiger partial charge in [-0.25, -0.2) is 9.59 Å². The van der Waals surface area contributed by atoms with Crippen molar-refractivity contribution in [1.82, 2.24) is 5.32 Å². The van der Waals surface area contributed by atoms with Crippen LogP contribution in [0.25, 0.3) is 0 Å². The third kappa shape index (κ3) is 8.40. The fourth-order valence-electron chi connectivity index (χ4n) is 2.90. The second kappa shape index (κ2) is 11.4. The highest BCUT2D eigenvalue weighted by atomic mass is 16.4. The van der Waals surface area contributed by atoms with Crippen LogP contribution >= 0.6 is 0 Å². The number of aliphatic carboxylic acids is 2. The molecule has 2 aromatic carbocycles. The van der Waals surface area contributed by atoms with Crippen molar-refractivity contribution in [3.63, 3.8) is 0 Å². The van der Waals surface area contributed by atoms with E-state index in [-0.39, 0.29) is 12.5 Å². The Morgan fingerprint density at radius 1 is 0.966 bits per heavy atom. The first-order valence-electron chi connectivity index (χ1n) is 8.93. The zero-order valence-electron chi connectivity index (χ0n) is 16.5. The standard InChI is InChI=1S/C18H22N2O.C4H4O4/c1-14-8-6-7-11-16(14)18(2,20-17(21)13-19)12-15-9-4-3-5-10-15;5-3(6)1-2-4(7)8/h3-11H,12-13,19H2,1-2H3,(H,20,21);1-2H,(H,5,6)(H,7,8)/b;2-1+. The molecule has 0 aromatic heterocycles. The average molecular weight is 398 g/mol.